The Kier molecular flexibility index (Phi) is 2.40. The number of aromatic amines is 1. The van der Waals surface area contributed by atoms with Crippen LogP contribution in [0.5, 0.6) is 0 Å². The number of aryl methyl sites for hydroxylation is 2. The third-order valence-corrected chi connectivity index (χ3v) is 2.79. The van der Waals surface area contributed by atoms with Gasteiger partial charge in [0.1, 0.15) is 0 Å². The minimum absolute atomic E-state index is 0. The van der Waals surface area contributed by atoms with E-state index in [1.165, 1.54) is 21.8 Å². The largest absolute Gasteiger partial charge is 0.354 e. The van der Waals surface area contributed by atoms with Crippen molar-refractivity contribution >= 4 is 21.8 Å². The maximum absolute atomic E-state index is 4.50. The zero-order valence-corrected chi connectivity index (χ0v) is 9.54. The van der Waals surface area contributed by atoms with E-state index in [1.807, 2.05) is 13.0 Å². The average Bonchev–Trinajstić information content (AvgIpc) is 2.54. The summed E-state index contributed by atoms with van der Waals surface area (Å²) in [4.78, 5) is 7.92. The molecular formula is C13H15N3. The highest BCUT2D eigenvalue weighted by Gasteiger charge is 2.07. The lowest BCUT2D eigenvalue weighted by Crippen LogP contribution is -1.85. The van der Waals surface area contributed by atoms with E-state index >= 15 is 0 Å². The molecule has 0 aliphatic carbocycles. The van der Waals surface area contributed by atoms with Crippen molar-refractivity contribution < 1.29 is 0 Å². The highest BCUT2D eigenvalue weighted by molar-refractivity contribution is 6.08. The zero-order valence-electron chi connectivity index (χ0n) is 9.54. The van der Waals surface area contributed by atoms with Gasteiger partial charge in [0, 0.05) is 27.7 Å². The lowest BCUT2D eigenvalue weighted by atomic mass is 10.1. The summed E-state index contributed by atoms with van der Waals surface area (Å²) in [7, 11) is 0. The first kappa shape index (κ1) is 10.6. The topological polar surface area (TPSA) is 63.7 Å². The van der Waals surface area contributed by atoms with Crippen LogP contribution in [0.25, 0.3) is 21.8 Å². The van der Waals surface area contributed by atoms with E-state index in [9.17, 15) is 0 Å². The smallest absolute Gasteiger partial charge is 0.0501 e. The molecule has 0 saturated heterocycles. The van der Waals surface area contributed by atoms with Crippen LogP contribution in [-0.2, 0) is 0 Å². The van der Waals surface area contributed by atoms with Crippen LogP contribution in [0.1, 0.15) is 11.4 Å². The first-order valence-electron chi connectivity index (χ1n) is 5.10. The van der Waals surface area contributed by atoms with E-state index in [0.717, 1.165) is 11.4 Å². The Morgan fingerprint density at radius 1 is 1.06 bits per heavy atom. The molecule has 0 aliphatic rings. The normalized spacial score (nSPS) is 10.6. The number of aromatic nitrogens is 2. The molecule has 0 radical (unpaired) electrons. The van der Waals surface area contributed by atoms with Gasteiger partial charge in [-0.3, -0.25) is 4.98 Å². The van der Waals surface area contributed by atoms with E-state index in [2.05, 4.69) is 41.2 Å². The number of hydrogen-bond donors (Lipinski definition) is 2. The molecule has 2 heterocycles. The lowest BCUT2D eigenvalue weighted by molar-refractivity contribution is 1.15. The van der Waals surface area contributed by atoms with E-state index < -0.39 is 0 Å². The van der Waals surface area contributed by atoms with Crippen molar-refractivity contribution in [1.29, 1.82) is 0 Å². The van der Waals surface area contributed by atoms with Gasteiger partial charge in [-0.2, -0.15) is 0 Å². The van der Waals surface area contributed by atoms with E-state index in [0.29, 0.717) is 0 Å². The van der Waals surface area contributed by atoms with Gasteiger partial charge in [0.05, 0.1) is 5.52 Å². The fourth-order valence-corrected chi connectivity index (χ4v) is 2.22. The monoisotopic (exact) mass is 213 g/mol. The number of rotatable bonds is 0. The summed E-state index contributed by atoms with van der Waals surface area (Å²) in [5.74, 6) is 0. The highest BCUT2D eigenvalue weighted by atomic mass is 14.8. The summed E-state index contributed by atoms with van der Waals surface area (Å²) in [5, 5.41) is 2.51. The molecule has 0 bridgehead atoms. The highest BCUT2D eigenvalue weighted by Crippen LogP contribution is 2.27. The number of hydrogen-bond acceptors (Lipinski definition) is 2. The SMILES string of the molecule is Cc1cc2[nH]c3ccccc3c2c(C)n1.N. The Balaban J connectivity index is 0.000000963. The van der Waals surface area contributed by atoms with Crippen molar-refractivity contribution in [3.05, 3.63) is 41.7 Å². The third kappa shape index (κ3) is 1.37. The van der Waals surface area contributed by atoms with Crippen LogP contribution in [0, 0.1) is 13.8 Å². The first-order chi connectivity index (χ1) is 7.25. The summed E-state index contributed by atoms with van der Waals surface area (Å²) in [5.41, 5.74) is 4.53. The van der Waals surface area contributed by atoms with E-state index in [-0.39, 0.29) is 6.15 Å². The van der Waals surface area contributed by atoms with E-state index in [4.69, 9.17) is 0 Å². The van der Waals surface area contributed by atoms with Crippen molar-refractivity contribution in [2.75, 3.05) is 0 Å². The van der Waals surface area contributed by atoms with Gasteiger partial charge in [0.15, 0.2) is 0 Å². The van der Waals surface area contributed by atoms with Crippen LogP contribution < -0.4 is 6.15 Å². The Morgan fingerprint density at radius 2 is 1.81 bits per heavy atom. The molecule has 0 saturated carbocycles. The number of pyridine rings is 1. The van der Waals surface area contributed by atoms with Gasteiger partial charge in [-0.15, -0.1) is 0 Å². The van der Waals surface area contributed by atoms with Gasteiger partial charge in [-0.1, -0.05) is 18.2 Å². The number of para-hydroxylation sites is 1. The maximum Gasteiger partial charge on any atom is 0.0501 e. The maximum atomic E-state index is 4.50. The summed E-state index contributed by atoms with van der Waals surface area (Å²) in [6.07, 6.45) is 0. The zero-order chi connectivity index (χ0) is 10.4. The van der Waals surface area contributed by atoms with Crippen molar-refractivity contribution in [2.45, 2.75) is 13.8 Å². The van der Waals surface area contributed by atoms with Gasteiger partial charge >= 0.3 is 0 Å². The molecule has 1 aromatic carbocycles. The second-order valence-electron chi connectivity index (χ2n) is 3.94. The third-order valence-electron chi connectivity index (χ3n) is 2.79. The second-order valence-corrected chi connectivity index (χ2v) is 3.94. The minimum Gasteiger partial charge on any atom is -0.354 e. The van der Waals surface area contributed by atoms with Crippen molar-refractivity contribution in [1.82, 2.24) is 16.1 Å². The molecule has 0 unspecified atom stereocenters. The Morgan fingerprint density at radius 3 is 2.62 bits per heavy atom. The average molecular weight is 213 g/mol. The number of nitrogens with one attached hydrogen (secondary N) is 1. The molecule has 3 rings (SSSR count). The Hall–Kier alpha value is -1.87. The van der Waals surface area contributed by atoms with Crippen LogP contribution in [0.2, 0.25) is 0 Å². The number of nitrogens with zero attached hydrogens (tertiary/aromatic N) is 1. The van der Waals surface area contributed by atoms with Gasteiger partial charge in [-0.25, -0.2) is 0 Å². The molecule has 3 nitrogen and oxygen atoms in total. The molecule has 0 atom stereocenters. The van der Waals surface area contributed by atoms with Crippen molar-refractivity contribution in [3.63, 3.8) is 0 Å². The van der Waals surface area contributed by atoms with Crippen LogP contribution in [0.3, 0.4) is 0 Å². The second kappa shape index (κ2) is 3.61. The number of fused-ring (bicyclic) bond motifs is 3. The number of benzene rings is 1. The number of H-pyrrole nitrogens is 1. The first-order valence-corrected chi connectivity index (χ1v) is 5.10. The summed E-state index contributed by atoms with van der Waals surface area (Å²) < 4.78 is 0. The predicted octanol–water partition coefficient (Wildman–Crippen LogP) is 3.49. The molecule has 82 valence electrons. The molecule has 2 aromatic heterocycles. The van der Waals surface area contributed by atoms with Gasteiger partial charge < -0.3 is 11.1 Å². The van der Waals surface area contributed by atoms with Gasteiger partial charge in [-0.05, 0) is 26.0 Å². The molecule has 0 fully saturated rings. The fraction of sp³-hybridized carbons (Fsp3) is 0.154. The van der Waals surface area contributed by atoms with Gasteiger partial charge in [0.2, 0.25) is 0 Å². The standard InChI is InChI=1S/C13H12N2.H3N/c1-8-7-12-13(9(2)14-8)10-5-3-4-6-11(10)15-12;/h3-7,15H,1-2H3;1H3. The minimum atomic E-state index is 0. The van der Waals surface area contributed by atoms with E-state index in [1.54, 1.807) is 0 Å². The van der Waals surface area contributed by atoms with Crippen molar-refractivity contribution in [3.8, 4) is 0 Å². The van der Waals surface area contributed by atoms with Crippen LogP contribution >= 0.6 is 0 Å². The van der Waals surface area contributed by atoms with Crippen LogP contribution in [0.15, 0.2) is 30.3 Å². The predicted molar refractivity (Wildman–Crippen MR) is 68.1 cm³/mol. The molecule has 16 heavy (non-hydrogen) atoms. The molecule has 3 aromatic rings. The van der Waals surface area contributed by atoms with Crippen LogP contribution in [0.4, 0.5) is 0 Å². The Labute approximate surface area is 94.1 Å². The molecule has 3 heteroatoms. The summed E-state index contributed by atoms with van der Waals surface area (Å²) in [6.45, 7) is 4.09. The fourth-order valence-electron chi connectivity index (χ4n) is 2.22. The molecule has 0 amide bonds. The summed E-state index contributed by atoms with van der Waals surface area (Å²) in [6, 6.07) is 10.5. The molecule has 0 spiro atoms. The van der Waals surface area contributed by atoms with Gasteiger partial charge in [0.25, 0.3) is 0 Å². The Bertz CT molecular complexity index is 653. The summed E-state index contributed by atoms with van der Waals surface area (Å²) >= 11 is 0. The molecular weight excluding hydrogens is 198 g/mol. The molecule has 4 N–H and O–H groups in total. The van der Waals surface area contributed by atoms with Crippen LogP contribution in [-0.4, -0.2) is 9.97 Å². The van der Waals surface area contributed by atoms with Crippen molar-refractivity contribution in [2.24, 2.45) is 0 Å². The molecule has 0 aliphatic heterocycles. The lowest BCUT2D eigenvalue weighted by Gasteiger charge is -1.98. The quantitative estimate of drug-likeness (QED) is 0.600.